The van der Waals surface area contributed by atoms with Gasteiger partial charge in [0.25, 0.3) is 0 Å². The van der Waals surface area contributed by atoms with E-state index in [0.29, 0.717) is 0 Å². The van der Waals surface area contributed by atoms with E-state index in [2.05, 4.69) is 29.1 Å². The fourth-order valence-electron chi connectivity index (χ4n) is 2.21. The monoisotopic (exact) mass is 327 g/mol. The molecule has 1 aromatic heterocycles. The second kappa shape index (κ2) is 8.04. The first-order valence-electron chi connectivity index (χ1n) is 6.90. The Morgan fingerprint density at radius 1 is 1.25 bits per heavy atom. The Labute approximate surface area is 134 Å². The number of rotatable bonds is 7. The third-order valence-electron chi connectivity index (χ3n) is 3.28. The Hall–Kier alpha value is -0.540. The number of nitrogens with one attached hydrogen (secondary N) is 1. The van der Waals surface area contributed by atoms with E-state index in [-0.39, 0.29) is 6.04 Å². The van der Waals surface area contributed by atoms with Crippen LogP contribution in [0, 0.1) is 0 Å². The first-order valence-corrected chi connectivity index (χ1v) is 8.60. The van der Waals surface area contributed by atoms with Crippen molar-refractivity contribution >= 4 is 34.5 Å². The van der Waals surface area contributed by atoms with Crippen LogP contribution in [0.15, 0.2) is 35.0 Å². The molecular weight excluding hydrogens is 309 g/mol. The van der Waals surface area contributed by atoms with Crippen LogP contribution in [-0.2, 0) is 6.42 Å². The molecule has 0 aliphatic rings. The molecular formula is C16H19Cl2NS. The predicted molar refractivity (Wildman–Crippen MR) is 90.1 cm³/mol. The van der Waals surface area contributed by atoms with E-state index < -0.39 is 0 Å². The van der Waals surface area contributed by atoms with Crippen LogP contribution in [0.2, 0.25) is 10.0 Å². The molecule has 0 aliphatic carbocycles. The Morgan fingerprint density at radius 3 is 2.80 bits per heavy atom. The van der Waals surface area contributed by atoms with Gasteiger partial charge in [0, 0.05) is 16.1 Å². The fraction of sp³-hybridized carbons (Fsp3) is 0.375. The van der Waals surface area contributed by atoms with Gasteiger partial charge in [-0.2, -0.15) is 11.3 Å². The molecule has 0 radical (unpaired) electrons. The summed E-state index contributed by atoms with van der Waals surface area (Å²) in [7, 11) is 0. The molecule has 2 aromatic rings. The highest BCUT2D eigenvalue weighted by Gasteiger charge is 2.14. The van der Waals surface area contributed by atoms with Gasteiger partial charge in [0.15, 0.2) is 0 Å². The molecule has 1 heterocycles. The summed E-state index contributed by atoms with van der Waals surface area (Å²) in [5.41, 5.74) is 2.49. The molecule has 0 bridgehead atoms. The summed E-state index contributed by atoms with van der Waals surface area (Å²) >= 11 is 14.2. The SMILES string of the molecule is CCCNC(CCc1ccsc1)c1cc(Cl)ccc1Cl. The molecule has 0 saturated heterocycles. The van der Waals surface area contributed by atoms with Crippen LogP contribution in [0.25, 0.3) is 0 Å². The molecule has 1 aromatic carbocycles. The molecule has 1 N–H and O–H groups in total. The minimum atomic E-state index is 0.251. The zero-order chi connectivity index (χ0) is 14.4. The molecule has 1 atom stereocenters. The van der Waals surface area contributed by atoms with Crippen LogP contribution in [0.3, 0.4) is 0 Å². The van der Waals surface area contributed by atoms with Crippen molar-refractivity contribution in [3.05, 3.63) is 56.2 Å². The smallest absolute Gasteiger partial charge is 0.0454 e. The Balaban J connectivity index is 2.11. The molecule has 20 heavy (non-hydrogen) atoms. The zero-order valence-corrected chi connectivity index (χ0v) is 13.9. The van der Waals surface area contributed by atoms with E-state index in [9.17, 15) is 0 Å². The maximum Gasteiger partial charge on any atom is 0.0454 e. The Bertz CT molecular complexity index is 525. The van der Waals surface area contributed by atoms with E-state index in [1.807, 2.05) is 18.2 Å². The number of hydrogen-bond acceptors (Lipinski definition) is 2. The van der Waals surface area contributed by atoms with Crippen molar-refractivity contribution in [2.45, 2.75) is 32.2 Å². The summed E-state index contributed by atoms with van der Waals surface area (Å²) in [4.78, 5) is 0. The van der Waals surface area contributed by atoms with Crippen molar-refractivity contribution in [2.75, 3.05) is 6.54 Å². The van der Waals surface area contributed by atoms with Crippen LogP contribution < -0.4 is 5.32 Å². The average Bonchev–Trinajstić information content (AvgIpc) is 2.95. The number of benzene rings is 1. The van der Waals surface area contributed by atoms with Crippen molar-refractivity contribution in [2.24, 2.45) is 0 Å². The van der Waals surface area contributed by atoms with E-state index in [1.54, 1.807) is 11.3 Å². The topological polar surface area (TPSA) is 12.0 Å². The molecule has 4 heteroatoms. The van der Waals surface area contributed by atoms with Crippen LogP contribution in [0.5, 0.6) is 0 Å². The van der Waals surface area contributed by atoms with Crippen LogP contribution in [0.1, 0.15) is 36.9 Å². The van der Waals surface area contributed by atoms with E-state index >= 15 is 0 Å². The van der Waals surface area contributed by atoms with Crippen LogP contribution in [-0.4, -0.2) is 6.54 Å². The molecule has 1 nitrogen and oxygen atoms in total. The molecule has 0 spiro atoms. The number of thiophene rings is 1. The van der Waals surface area contributed by atoms with Crippen molar-refractivity contribution in [3.8, 4) is 0 Å². The standard InChI is InChI=1S/C16H19Cl2NS/c1-2-8-19-16(6-3-12-7-9-20-11-12)14-10-13(17)4-5-15(14)18/h4-5,7,9-11,16,19H,2-3,6,8H2,1H3. The van der Waals surface area contributed by atoms with Gasteiger partial charge in [-0.3, -0.25) is 0 Å². The summed E-state index contributed by atoms with van der Waals surface area (Å²) < 4.78 is 0. The molecule has 108 valence electrons. The first kappa shape index (κ1) is 15.8. The highest BCUT2D eigenvalue weighted by molar-refractivity contribution is 7.07. The maximum atomic E-state index is 6.33. The number of hydrogen-bond donors (Lipinski definition) is 1. The lowest BCUT2D eigenvalue weighted by Gasteiger charge is -2.20. The third kappa shape index (κ3) is 4.49. The van der Waals surface area contributed by atoms with Crippen molar-refractivity contribution in [3.63, 3.8) is 0 Å². The zero-order valence-electron chi connectivity index (χ0n) is 11.5. The van der Waals surface area contributed by atoms with Gasteiger partial charge in [-0.15, -0.1) is 0 Å². The third-order valence-corrected chi connectivity index (χ3v) is 4.59. The lowest BCUT2D eigenvalue weighted by molar-refractivity contribution is 0.500. The van der Waals surface area contributed by atoms with Gasteiger partial charge in [-0.05, 0) is 72.0 Å². The average molecular weight is 328 g/mol. The van der Waals surface area contributed by atoms with Gasteiger partial charge in [-0.1, -0.05) is 30.1 Å². The second-order valence-corrected chi connectivity index (χ2v) is 6.47. The van der Waals surface area contributed by atoms with Crippen molar-refractivity contribution in [1.82, 2.24) is 5.32 Å². The minimum absolute atomic E-state index is 0.251. The van der Waals surface area contributed by atoms with Gasteiger partial charge in [0.1, 0.15) is 0 Å². The number of aryl methyl sites for hydroxylation is 1. The summed E-state index contributed by atoms with van der Waals surface area (Å²) in [5, 5.41) is 9.43. The lowest BCUT2D eigenvalue weighted by atomic mass is 10.00. The highest BCUT2D eigenvalue weighted by Crippen LogP contribution is 2.29. The molecule has 0 amide bonds. The normalized spacial score (nSPS) is 12.6. The summed E-state index contributed by atoms with van der Waals surface area (Å²) in [6.45, 7) is 3.15. The molecule has 0 fully saturated rings. The second-order valence-electron chi connectivity index (χ2n) is 4.84. The Kier molecular flexibility index (Phi) is 6.37. The lowest BCUT2D eigenvalue weighted by Crippen LogP contribution is -2.23. The van der Waals surface area contributed by atoms with Crippen LogP contribution >= 0.6 is 34.5 Å². The first-order chi connectivity index (χ1) is 9.70. The van der Waals surface area contributed by atoms with Gasteiger partial charge in [-0.25, -0.2) is 0 Å². The van der Waals surface area contributed by atoms with Gasteiger partial charge in [0.2, 0.25) is 0 Å². The quantitative estimate of drug-likeness (QED) is 0.684. The molecule has 2 rings (SSSR count). The van der Waals surface area contributed by atoms with Gasteiger partial charge < -0.3 is 5.32 Å². The summed E-state index contributed by atoms with van der Waals surface area (Å²) in [5.74, 6) is 0. The summed E-state index contributed by atoms with van der Waals surface area (Å²) in [6, 6.07) is 8.13. The van der Waals surface area contributed by atoms with Crippen molar-refractivity contribution in [1.29, 1.82) is 0 Å². The molecule has 0 saturated carbocycles. The molecule has 1 unspecified atom stereocenters. The summed E-state index contributed by atoms with van der Waals surface area (Å²) in [6.07, 6.45) is 3.18. The fourth-order valence-corrected chi connectivity index (χ4v) is 3.35. The van der Waals surface area contributed by atoms with Gasteiger partial charge >= 0.3 is 0 Å². The van der Waals surface area contributed by atoms with Crippen molar-refractivity contribution < 1.29 is 0 Å². The largest absolute Gasteiger partial charge is 0.310 e. The highest BCUT2D eigenvalue weighted by atomic mass is 35.5. The van der Waals surface area contributed by atoms with E-state index in [4.69, 9.17) is 23.2 Å². The molecule has 0 aliphatic heterocycles. The predicted octanol–water partition coefficient (Wildman–Crippen LogP) is 5.73. The van der Waals surface area contributed by atoms with Gasteiger partial charge in [0.05, 0.1) is 0 Å². The maximum absolute atomic E-state index is 6.33. The van der Waals surface area contributed by atoms with Crippen LogP contribution in [0.4, 0.5) is 0 Å². The van der Waals surface area contributed by atoms with E-state index in [0.717, 1.165) is 41.4 Å². The minimum Gasteiger partial charge on any atom is -0.310 e. The Morgan fingerprint density at radius 2 is 2.10 bits per heavy atom. The van der Waals surface area contributed by atoms with E-state index in [1.165, 1.54) is 5.56 Å². The number of halogens is 2.